The maximum absolute atomic E-state index is 9.08. The van der Waals surface area contributed by atoms with Gasteiger partial charge in [0.05, 0.1) is 0 Å². The van der Waals surface area contributed by atoms with E-state index in [-0.39, 0.29) is 8.80 Å². The van der Waals surface area contributed by atoms with E-state index in [1.165, 1.54) is 8.53 Å². The van der Waals surface area contributed by atoms with E-state index >= 15 is 0 Å². The summed E-state index contributed by atoms with van der Waals surface area (Å²) in [7, 11) is 0.120. The Morgan fingerprint density at radius 1 is 1.07 bits per heavy atom. The average molecular weight is 290 g/mol. The maximum Gasteiger partial charge on any atom is -0.172 e. The number of carbonyl (C=O) groups excluding carboxylic acids is 2. The molecule has 2 nitrogen and oxygen atoms in total. The van der Waals surface area contributed by atoms with Crippen molar-refractivity contribution in [2.24, 2.45) is 0 Å². The fourth-order valence-corrected chi connectivity index (χ4v) is 0.421. The molecule has 0 spiro atoms. The van der Waals surface area contributed by atoms with Crippen molar-refractivity contribution in [3.63, 3.8) is 0 Å². The molecule has 0 saturated carbocycles. The van der Waals surface area contributed by atoms with Crippen LogP contribution in [0.1, 0.15) is 0 Å². The van der Waals surface area contributed by atoms with Crippen LogP contribution in [0, 0.1) is 0 Å². The van der Waals surface area contributed by atoms with E-state index in [2.05, 4.69) is 19.6 Å². The van der Waals surface area contributed by atoms with Gasteiger partial charge in [-0.1, -0.05) is 19.6 Å². The molecular weight excluding hydrogens is 276 g/mol. The molecule has 0 aliphatic rings. The molecule has 1 rings (SSSR count). The first kappa shape index (κ1) is 15.9. The van der Waals surface area contributed by atoms with Crippen LogP contribution in [-0.2, 0) is 27.2 Å². The summed E-state index contributed by atoms with van der Waals surface area (Å²) in [6.45, 7) is 6.81. The Hall–Kier alpha value is -0.585. The van der Waals surface area contributed by atoms with Gasteiger partial charge in [0.15, 0.2) is 0 Å². The summed E-state index contributed by atoms with van der Waals surface area (Å²) in [6, 6.07) is 10.0. The summed E-state index contributed by atoms with van der Waals surface area (Å²) in [5.41, 5.74) is 0. The quantitative estimate of drug-likeness (QED) is 0.541. The second-order valence-electron chi connectivity index (χ2n) is 2.73. The molecule has 14 heavy (non-hydrogen) atoms. The second kappa shape index (κ2) is 14.9. The summed E-state index contributed by atoms with van der Waals surface area (Å²) in [4.78, 5) is 18.2. The minimum atomic E-state index is -1.12. The molecule has 0 atom stereocenters. The molecule has 0 bridgehead atoms. The van der Waals surface area contributed by atoms with E-state index in [1.54, 1.807) is 0 Å². The summed E-state index contributed by atoms with van der Waals surface area (Å²) in [5, 5.41) is 0. The zero-order chi connectivity index (χ0) is 11.2. The van der Waals surface area contributed by atoms with Crippen LogP contribution in [0.2, 0.25) is 19.6 Å². The fraction of sp³-hybridized carbons (Fsp3) is 0.300. The fourth-order valence-electron chi connectivity index (χ4n) is 0.338. The van der Waals surface area contributed by atoms with E-state index < -0.39 is 17.6 Å². The van der Waals surface area contributed by atoms with E-state index in [0.717, 1.165) is 0 Å². The van der Waals surface area contributed by atoms with Crippen LogP contribution in [0.15, 0.2) is 30.3 Å². The zero-order valence-electron chi connectivity index (χ0n) is 8.61. The van der Waals surface area contributed by atoms with Crippen molar-refractivity contribution >= 4 is 17.3 Å². The smallest absolute Gasteiger partial charge is 0.172 e. The predicted molar refractivity (Wildman–Crippen MR) is 56.8 cm³/mol. The van der Waals surface area contributed by atoms with Crippen LogP contribution >= 0.6 is 0 Å². The van der Waals surface area contributed by atoms with Crippen LogP contribution < -0.4 is 0 Å². The van der Waals surface area contributed by atoms with Crippen LogP contribution in [0.3, 0.4) is 0 Å². The largest absolute Gasteiger partial charge is 0.214 e. The predicted octanol–water partition coefficient (Wildman–Crippen LogP) is 1.98. The Morgan fingerprint density at radius 2 is 1.43 bits per heavy atom. The van der Waals surface area contributed by atoms with E-state index in [1.807, 2.05) is 30.3 Å². The third-order valence-corrected chi connectivity index (χ3v) is 1.05. The molecule has 1 aromatic carbocycles. The minimum Gasteiger partial charge on any atom is -0.214 e. The first-order chi connectivity index (χ1) is 6.65. The van der Waals surface area contributed by atoms with Crippen molar-refractivity contribution in [2.45, 2.75) is 19.6 Å². The molecule has 0 heterocycles. The molecule has 0 aliphatic heterocycles. The van der Waals surface area contributed by atoms with Gasteiger partial charge in [0.25, 0.3) is 0 Å². The van der Waals surface area contributed by atoms with Gasteiger partial charge in [0, 0.05) is 8.80 Å². The second-order valence-corrected chi connectivity index (χ2v) is 7.05. The Morgan fingerprint density at radius 3 is 1.50 bits per heavy atom. The van der Waals surface area contributed by atoms with Crippen LogP contribution in [0.25, 0.3) is 0 Å². The third-order valence-electron chi connectivity index (χ3n) is 0.639. The minimum absolute atomic E-state index is 0.120. The van der Waals surface area contributed by atoms with Gasteiger partial charge in [0.1, 0.15) is 0 Å². The SMILES string of the molecule is C[Si](C)C.O=[C]=[Mo]=[C]=O.c1cc[cH-]c1. The average Bonchev–Trinajstić information content (AvgIpc) is 2.61. The van der Waals surface area contributed by atoms with Gasteiger partial charge in [-0.3, -0.25) is 0 Å². The topological polar surface area (TPSA) is 34.1 Å². The molecule has 0 N–H and O–H groups in total. The summed E-state index contributed by atoms with van der Waals surface area (Å²) >= 11 is -1.12. The van der Waals surface area contributed by atoms with Crippen molar-refractivity contribution in [3.05, 3.63) is 30.3 Å². The molecule has 1 radical (unpaired) electrons. The molecular formula is C10H14MoO2Si-. The monoisotopic (exact) mass is 292 g/mol. The molecule has 0 amide bonds. The van der Waals surface area contributed by atoms with Gasteiger partial charge >= 0.3 is 35.8 Å². The van der Waals surface area contributed by atoms with Gasteiger partial charge in [0.2, 0.25) is 0 Å². The first-order valence-corrected chi connectivity index (χ1v) is 8.99. The van der Waals surface area contributed by atoms with Crippen LogP contribution in [0.4, 0.5) is 0 Å². The van der Waals surface area contributed by atoms with Crippen molar-refractivity contribution in [1.29, 1.82) is 0 Å². The van der Waals surface area contributed by atoms with E-state index in [0.29, 0.717) is 0 Å². The van der Waals surface area contributed by atoms with Crippen LogP contribution in [-0.4, -0.2) is 17.3 Å². The molecule has 0 aromatic heterocycles. The summed E-state index contributed by atoms with van der Waals surface area (Å²) < 4.78 is 2.95. The molecule has 4 heteroatoms. The first-order valence-electron chi connectivity index (χ1n) is 3.98. The maximum atomic E-state index is 9.08. The van der Waals surface area contributed by atoms with Gasteiger partial charge in [-0.05, 0) is 0 Å². The number of rotatable bonds is 0. The third kappa shape index (κ3) is 30.1. The normalized spacial score (nSPS) is 6.86. The Labute approximate surface area is 94.5 Å². The van der Waals surface area contributed by atoms with Crippen molar-refractivity contribution < 1.29 is 27.2 Å². The molecule has 0 saturated heterocycles. The van der Waals surface area contributed by atoms with E-state index in [4.69, 9.17) is 9.59 Å². The number of hydrogen-bond acceptors (Lipinski definition) is 2. The summed E-state index contributed by atoms with van der Waals surface area (Å²) in [6.07, 6.45) is 0. The molecule has 0 fully saturated rings. The standard InChI is InChI=1S/C5H5.C3H9Si.2CO.Mo/c1-2-4-5-3-1;1-4(2)3;2*1-2;/h1-5H;1-3H3;;;/q-1;;;;. The van der Waals surface area contributed by atoms with Gasteiger partial charge in [-0.25, -0.2) is 12.1 Å². The molecule has 0 aliphatic carbocycles. The van der Waals surface area contributed by atoms with Gasteiger partial charge in [-0.2, -0.15) is 18.2 Å². The van der Waals surface area contributed by atoms with Crippen molar-refractivity contribution in [1.82, 2.24) is 0 Å². The van der Waals surface area contributed by atoms with Gasteiger partial charge < -0.3 is 0 Å². The van der Waals surface area contributed by atoms with Crippen molar-refractivity contribution in [2.75, 3.05) is 0 Å². The molecule has 0 unspecified atom stereocenters. The Kier molecular flexibility index (Phi) is 16.9. The van der Waals surface area contributed by atoms with E-state index in [9.17, 15) is 0 Å². The molecule has 1 aromatic rings. The zero-order valence-corrected chi connectivity index (χ0v) is 11.6. The molecule has 77 valence electrons. The Balaban J connectivity index is 0. The Bertz CT molecular complexity index is 258. The summed E-state index contributed by atoms with van der Waals surface area (Å²) in [5.74, 6) is 0. The van der Waals surface area contributed by atoms with Crippen molar-refractivity contribution in [3.8, 4) is 0 Å². The van der Waals surface area contributed by atoms with Crippen LogP contribution in [0.5, 0.6) is 0 Å². The number of hydrogen-bond donors (Lipinski definition) is 0. The van der Waals surface area contributed by atoms with Gasteiger partial charge in [-0.15, -0.1) is 0 Å².